The Morgan fingerprint density at radius 2 is 0.407 bits per heavy atom. The summed E-state index contributed by atoms with van der Waals surface area (Å²) in [6.45, 7) is -4.55. The molecule has 0 rings (SSSR count). The molecule has 0 fully saturated rings. The van der Waals surface area contributed by atoms with Gasteiger partial charge >= 0.3 is 95.3 Å². The summed E-state index contributed by atoms with van der Waals surface area (Å²) >= 11 is 0. The summed E-state index contributed by atoms with van der Waals surface area (Å²) < 4.78 is 450. The quantitative estimate of drug-likeness (QED) is 0.106. The van der Waals surface area contributed by atoms with Gasteiger partial charge in [0, 0.05) is 13.1 Å². The summed E-state index contributed by atoms with van der Waals surface area (Å²) in [7, 11) is 0. The normalized spacial score (nSPS) is 16.3. The minimum Gasteiger partial charge on any atom is -0.351 e. The van der Waals surface area contributed by atoms with E-state index in [2.05, 4.69) is 0 Å². The van der Waals surface area contributed by atoms with Crippen molar-refractivity contribution in [2.45, 2.75) is 102 Å². The van der Waals surface area contributed by atoms with Gasteiger partial charge in [0.1, 0.15) is 0 Å². The fourth-order valence-corrected chi connectivity index (χ4v) is 3.33. The Kier molecular flexibility index (Phi) is 13.7. The molecular formula is C21H8F34N2O2. The molecule has 0 aromatic carbocycles. The molecule has 352 valence electrons. The first-order valence-electron chi connectivity index (χ1n) is 13.0. The Morgan fingerprint density at radius 1 is 0.254 bits per heavy atom. The van der Waals surface area contributed by atoms with Crippen LogP contribution in [0.4, 0.5) is 149 Å². The highest BCUT2D eigenvalue weighted by molar-refractivity contribution is 5.85. The molecule has 0 aliphatic heterocycles. The van der Waals surface area contributed by atoms with Gasteiger partial charge in [0.25, 0.3) is 11.8 Å². The number of alkyl halides is 34. The maximum absolute atomic E-state index is 13.8. The fourth-order valence-electron chi connectivity index (χ4n) is 3.33. The Morgan fingerprint density at radius 3 is 0.576 bits per heavy atom. The molecule has 0 aromatic heterocycles. The second-order valence-corrected chi connectivity index (χ2v) is 10.9. The van der Waals surface area contributed by atoms with Crippen molar-refractivity contribution in [3.8, 4) is 0 Å². The van der Waals surface area contributed by atoms with Gasteiger partial charge in [-0.05, 0) is 6.42 Å². The summed E-state index contributed by atoms with van der Waals surface area (Å²) in [5, 5.41) is 0.105. The first-order valence-corrected chi connectivity index (χ1v) is 13.0. The van der Waals surface area contributed by atoms with E-state index in [1.807, 2.05) is 0 Å². The van der Waals surface area contributed by atoms with Crippen LogP contribution in [0, 0.1) is 0 Å². The molecule has 38 heteroatoms. The van der Waals surface area contributed by atoms with Gasteiger partial charge in [-0.15, -0.1) is 0 Å². The van der Waals surface area contributed by atoms with Crippen LogP contribution >= 0.6 is 0 Å². The fraction of sp³-hybridized carbons (Fsp3) is 0.905. The third-order valence-electron chi connectivity index (χ3n) is 6.94. The van der Waals surface area contributed by atoms with Crippen LogP contribution in [-0.2, 0) is 9.59 Å². The van der Waals surface area contributed by atoms with E-state index in [0.29, 0.717) is 0 Å². The van der Waals surface area contributed by atoms with E-state index in [1.54, 1.807) is 0 Å². The van der Waals surface area contributed by atoms with Crippen LogP contribution < -0.4 is 10.6 Å². The van der Waals surface area contributed by atoms with Gasteiger partial charge in [-0.3, -0.25) is 9.59 Å². The number of halogens is 34. The van der Waals surface area contributed by atoms with Crippen LogP contribution in [0.25, 0.3) is 0 Å². The van der Waals surface area contributed by atoms with E-state index < -0.39 is 127 Å². The minimum absolute atomic E-state index is 0.0526. The summed E-state index contributed by atoms with van der Waals surface area (Å²) in [6.07, 6.45) is -18.2. The second kappa shape index (κ2) is 14.6. The zero-order chi connectivity index (χ0) is 48.7. The largest absolute Gasteiger partial charge is 0.460 e. The molecule has 4 nitrogen and oxygen atoms in total. The Hall–Kier alpha value is -3.44. The Balaban J connectivity index is 6.27. The molecule has 0 saturated carbocycles. The topological polar surface area (TPSA) is 58.2 Å². The molecule has 0 aliphatic carbocycles. The summed E-state index contributed by atoms with van der Waals surface area (Å²) in [6, 6.07) is 0. The highest BCUT2D eigenvalue weighted by Crippen LogP contribution is 2.66. The van der Waals surface area contributed by atoms with Gasteiger partial charge in [-0.25, -0.2) is 0 Å². The number of hydrogen-bond donors (Lipinski definition) is 2. The number of nitrogens with one attached hydrogen (secondary N) is 2. The van der Waals surface area contributed by atoms with E-state index in [4.69, 9.17) is 0 Å². The molecule has 59 heavy (non-hydrogen) atoms. The molecule has 0 heterocycles. The van der Waals surface area contributed by atoms with Crippen LogP contribution in [0.3, 0.4) is 0 Å². The Bertz CT molecular complexity index is 1420. The predicted octanol–water partition coefficient (Wildman–Crippen LogP) is 9.63. The van der Waals surface area contributed by atoms with E-state index in [9.17, 15) is 159 Å². The molecule has 2 amide bonds. The maximum atomic E-state index is 13.8. The van der Waals surface area contributed by atoms with Gasteiger partial charge < -0.3 is 10.6 Å². The molecule has 0 aromatic rings. The van der Waals surface area contributed by atoms with Gasteiger partial charge in [-0.1, -0.05) is 0 Å². The molecule has 0 spiro atoms. The smallest absolute Gasteiger partial charge is 0.351 e. The lowest BCUT2D eigenvalue weighted by Crippen LogP contribution is -2.75. The minimum atomic E-state index is -9.17. The number of rotatable bonds is 18. The van der Waals surface area contributed by atoms with Crippen molar-refractivity contribution >= 4 is 11.8 Å². The van der Waals surface area contributed by atoms with E-state index >= 15 is 0 Å². The maximum Gasteiger partial charge on any atom is 0.460 e. The van der Waals surface area contributed by atoms with Crippen LogP contribution in [0.5, 0.6) is 0 Å². The first-order chi connectivity index (χ1) is 25.0. The number of carbonyl (C=O) groups excluding carboxylic acids is 2. The van der Waals surface area contributed by atoms with E-state index in [-0.39, 0.29) is 10.6 Å². The second-order valence-electron chi connectivity index (χ2n) is 10.9. The standard InChI is InChI=1S/C21H8F34N2O2/c22-6(23,8(26,27)10(30,31)12(34,35)14(38,39)16(42,43)18(46,47)20(50,51)52)4(58)56-2-1-3-57-5(59)7(24,25)9(28,29)11(32,33)13(36,37)15(40,41)17(44,45)19(48,49)21(53,54)55/h1-3H2,(H,56,58)(H,57,59). The van der Waals surface area contributed by atoms with Crippen molar-refractivity contribution in [2.24, 2.45) is 0 Å². The van der Waals surface area contributed by atoms with Crippen molar-refractivity contribution in [1.29, 1.82) is 0 Å². The number of carbonyl (C=O) groups is 2. The van der Waals surface area contributed by atoms with Gasteiger partial charge in [0.2, 0.25) is 0 Å². The van der Waals surface area contributed by atoms with Crippen molar-refractivity contribution in [3.63, 3.8) is 0 Å². The first kappa shape index (κ1) is 55.6. The lowest BCUT2D eigenvalue weighted by Gasteiger charge is -2.42. The third-order valence-corrected chi connectivity index (χ3v) is 6.94. The molecule has 0 radical (unpaired) electrons. The number of hydrogen-bond acceptors (Lipinski definition) is 2. The van der Waals surface area contributed by atoms with Crippen molar-refractivity contribution in [1.82, 2.24) is 10.6 Å². The van der Waals surface area contributed by atoms with Crippen molar-refractivity contribution < 1.29 is 159 Å². The molecule has 0 unspecified atom stereocenters. The monoisotopic (exact) mass is 966 g/mol. The molecule has 0 aliphatic rings. The average molecular weight is 966 g/mol. The molecule has 0 saturated heterocycles. The van der Waals surface area contributed by atoms with Crippen LogP contribution in [0.15, 0.2) is 0 Å². The molecular weight excluding hydrogens is 958 g/mol. The molecule has 2 N–H and O–H groups in total. The van der Waals surface area contributed by atoms with Crippen LogP contribution in [0.1, 0.15) is 6.42 Å². The van der Waals surface area contributed by atoms with E-state index in [1.165, 1.54) is 0 Å². The molecule has 0 atom stereocenters. The van der Waals surface area contributed by atoms with Crippen molar-refractivity contribution in [2.75, 3.05) is 13.1 Å². The van der Waals surface area contributed by atoms with Crippen LogP contribution in [0.2, 0.25) is 0 Å². The highest BCUT2D eigenvalue weighted by Gasteiger charge is 2.97. The predicted molar refractivity (Wildman–Crippen MR) is 112 cm³/mol. The van der Waals surface area contributed by atoms with Crippen LogP contribution in [-0.4, -0.2) is 120 Å². The highest BCUT2D eigenvalue weighted by atomic mass is 19.4. The van der Waals surface area contributed by atoms with Crippen molar-refractivity contribution in [3.05, 3.63) is 0 Å². The third kappa shape index (κ3) is 7.42. The number of amides is 2. The van der Waals surface area contributed by atoms with Gasteiger partial charge in [0.15, 0.2) is 0 Å². The van der Waals surface area contributed by atoms with E-state index in [0.717, 1.165) is 0 Å². The zero-order valence-electron chi connectivity index (χ0n) is 25.8. The Labute approximate surface area is 297 Å². The average Bonchev–Trinajstić information content (AvgIpc) is 3.01. The zero-order valence-corrected chi connectivity index (χ0v) is 25.8. The van der Waals surface area contributed by atoms with Gasteiger partial charge in [-0.2, -0.15) is 149 Å². The molecule has 0 bridgehead atoms. The SMILES string of the molecule is O=C(NCCCNC(=O)C(F)(F)C(F)(F)C(F)(F)C(F)(F)C(F)(F)C(F)(F)C(F)(F)C(F)(F)F)C(F)(F)C(F)(F)C(F)(F)C(F)(F)C(F)(F)C(F)(F)C(F)(F)C(F)(F)F. The lowest BCUT2D eigenvalue weighted by atomic mass is 9.88. The summed E-state index contributed by atoms with van der Waals surface area (Å²) in [5.41, 5.74) is 0. The summed E-state index contributed by atoms with van der Waals surface area (Å²) in [4.78, 5) is 22.5. The van der Waals surface area contributed by atoms with Gasteiger partial charge in [0.05, 0.1) is 0 Å². The lowest BCUT2D eigenvalue weighted by molar-refractivity contribution is -0.459. The summed E-state index contributed by atoms with van der Waals surface area (Å²) in [5.74, 6) is -131.